The quantitative estimate of drug-likeness (QED) is 0.870. The molecule has 1 aliphatic heterocycles. The van der Waals surface area contributed by atoms with Gasteiger partial charge in [-0.15, -0.1) is 11.3 Å². The first-order chi connectivity index (χ1) is 10.6. The molecule has 1 atom stereocenters. The Kier molecular flexibility index (Phi) is 4.41. The van der Waals surface area contributed by atoms with Gasteiger partial charge in [0, 0.05) is 23.2 Å². The van der Waals surface area contributed by atoms with Gasteiger partial charge in [-0.25, -0.2) is 4.98 Å². The molecule has 114 valence electrons. The average Bonchev–Trinajstić information content (AvgIpc) is 2.93. The van der Waals surface area contributed by atoms with E-state index in [1.54, 1.807) is 11.3 Å². The topological polar surface area (TPSA) is 49.1 Å². The van der Waals surface area contributed by atoms with E-state index in [1.807, 2.05) is 31.3 Å². The van der Waals surface area contributed by atoms with E-state index in [-0.39, 0.29) is 6.10 Å². The zero-order valence-corrected chi connectivity index (χ0v) is 13.7. The van der Waals surface area contributed by atoms with Crippen LogP contribution in [-0.4, -0.2) is 36.1 Å². The number of benzene rings is 1. The zero-order chi connectivity index (χ0) is 15.5. The first-order valence-corrected chi connectivity index (χ1v) is 8.29. The lowest BCUT2D eigenvalue weighted by Crippen LogP contribution is -2.38. The summed E-state index contributed by atoms with van der Waals surface area (Å²) in [4.78, 5) is 7.85. The van der Waals surface area contributed by atoms with Gasteiger partial charge >= 0.3 is 0 Å². The molecule has 2 heterocycles. The molecule has 0 radical (unpaired) electrons. The molecule has 2 aromatic rings. The Labute approximate surface area is 135 Å². The second kappa shape index (κ2) is 6.47. The highest BCUT2D eigenvalue weighted by atomic mass is 32.1. The third-order valence-corrected chi connectivity index (χ3v) is 4.75. The van der Waals surface area contributed by atoms with Crippen LogP contribution in [0.4, 0.5) is 0 Å². The molecule has 1 aromatic carbocycles. The van der Waals surface area contributed by atoms with Crippen molar-refractivity contribution in [2.75, 3.05) is 20.1 Å². The van der Waals surface area contributed by atoms with Crippen molar-refractivity contribution in [2.45, 2.75) is 25.9 Å². The van der Waals surface area contributed by atoms with Crippen molar-refractivity contribution in [2.24, 2.45) is 0 Å². The van der Waals surface area contributed by atoms with E-state index < -0.39 is 0 Å². The van der Waals surface area contributed by atoms with E-state index in [2.05, 4.69) is 23.0 Å². The predicted molar refractivity (Wildman–Crippen MR) is 88.1 cm³/mol. The molecule has 5 heteroatoms. The molecule has 1 aromatic heterocycles. The highest BCUT2D eigenvalue weighted by Crippen LogP contribution is 2.30. The third kappa shape index (κ3) is 3.46. The van der Waals surface area contributed by atoms with Crippen molar-refractivity contribution >= 4 is 11.3 Å². The van der Waals surface area contributed by atoms with E-state index in [0.717, 1.165) is 47.1 Å². The number of likely N-dealkylation sites (tertiary alicyclic amines) is 1. The zero-order valence-electron chi connectivity index (χ0n) is 12.9. The molecule has 0 amide bonds. The van der Waals surface area contributed by atoms with Crippen LogP contribution in [-0.2, 0) is 0 Å². The number of aryl methyl sites for hydroxylation is 1. The maximum Gasteiger partial charge on any atom is 0.123 e. The maximum atomic E-state index is 9.26. The van der Waals surface area contributed by atoms with Gasteiger partial charge in [0.05, 0.1) is 11.6 Å². The smallest absolute Gasteiger partial charge is 0.123 e. The monoisotopic (exact) mass is 313 g/mol. The van der Waals surface area contributed by atoms with Crippen LogP contribution in [0.3, 0.4) is 0 Å². The highest BCUT2D eigenvalue weighted by Gasteiger charge is 2.19. The summed E-state index contributed by atoms with van der Waals surface area (Å²) in [7, 11) is 2.12. The van der Waals surface area contributed by atoms with Crippen LogP contribution in [0, 0.1) is 18.3 Å². The number of thiazole rings is 1. The number of nitriles is 1. The second-order valence-electron chi connectivity index (χ2n) is 5.78. The summed E-state index contributed by atoms with van der Waals surface area (Å²) in [5.74, 6) is 0.766. The number of rotatable bonds is 3. The Balaban J connectivity index is 1.86. The summed E-state index contributed by atoms with van der Waals surface area (Å²) < 4.78 is 6.12. The van der Waals surface area contributed by atoms with Gasteiger partial charge in [-0.3, -0.25) is 0 Å². The lowest BCUT2D eigenvalue weighted by Gasteiger charge is -2.30. The number of hydrogen-bond acceptors (Lipinski definition) is 5. The summed E-state index contributed by atoms with van der Waals surface area (Å²) in [6.07, 6.45) is 4.26. The minimum atomic E-state index is 0.193. The number of aromatic nitrogens is 1. The van der Waals surface area contributed by atoms with Crippen LogP contribution < -0.4 is 4.74 Å². The number of hydrogen-bond donors (Lipinski definition) is 0. The van der Waals surface area contributed by atoms with Gasteiger partial charge in [0.2, 0.25) is 0 Å². The molecule has 0 unspecified atom stereocenters. The molecule has 0 N–H and O–H groups in total. The van der Waals surface area contributed by atoms with Crippen molar-refractivity contribution in [1.82, 2.24) is 9.88 Å². The predicted octanol–water partition coefficient (Wildman–Crippen LogP) is 3.46. The fraction of sp³-hybridized carbons (Fsp3) is 0.412. The van der Waals surface area contributed by atoms with E-state index >= 15 is 0 Å². The SMILES string of the molecule is Cc1cnc(-c2cc(C#N)cc(O[C@@H]3CCCN(C)C3)c2)s1. The normalized spacial score (nSPS) is 18.9. The highest BCUT2D eigenvalue weighted by molar-refractivity contribution is 7.14. The van der Waals surface area contributed by atoms with Gasteiger partial charge in [0.15, 0.2) is 0 Å². The summed E-state index contributed by atoms with van der Waals surface area (Å²) in [6, 6.07) is 7.90. The number of ether oxygens (including phenoxy) is 1. The fourth-order valence-electron chi connectivity index (χ4n) is 2.75. The van der Waals surface area contributed by atoms with E-state index in [0.29, 0.717) is 5.56 Å². The summed E-state index contributed by atoms with van der Waals surface area (Å²) in [6.45, 7) is 4.09. The van der Waals surface area contributed by atoms with E-state index in [1.165, 1.54) is 0 Å². The minimum Gasteiger partial charge on any atom is -0.489 e. The molecule has 1 aliphatic rings. The standard InChI is InChI=1S/C17H19N3OS/c1-12-10-19-17(22-12)14-6-13(9-18)7-16(8-14)21-15-4-3-5-20(2)11-15/h6-8,10,15H,3-5,11H2,1-2H3/t15-/m1/s1. The molecule has 22 heavy (non-hydrogen) atoms. The summed E-state index contributed by atoms with van der Waals surface area (Å²) in [5, 5.41) is 10.2. The van der Waals surface area contributed by atoms with Gasteiger partial charge in [-0.05, 0) is 51.6 Å². The number of piperidine rings is 1. The van der Waals surface area contributed by atoms with Crippen LogP contribution in [0.5, 0.6) is 5.75 Å². The largest absolute Gasteiger partial charge is 0.489 e. The van der Waals surface area contributed by atoms with E-state index in [4.69, 9.17) is 4.74 Å². The van der Waals surface area contributed by atoms with Crippen LogP contribution in [0.2, 0.25) is 0 Å². The van der Waals surface area contributed by atoms with Crippen LogP contribution >= 0.6 is 11.3 Å². The molecular weight excluding hydrogens is 294 g/mol. The Morgan fingerprint density at radius 1 is 1.41 bits per heavy atom. The minimum absolute atomic E-state index is 0.193. The van der Waals surface area contributed by atoms with Gasteiger partial charge in [-0.2, -0.15) is 5.26 Å². The molecular formula is C17H19N3OS. The second-order valence-corrected chi connectivity index (χ2v) is 7.01. The first kappa shape index (κ1) is 15.0. The Bertz CT molecular complexity index is 704. The van der Waals surface area contributed by atoms with Crippen LogP contribution in [0.25, 0.3) is 10.6 Å². The van der Waals surface area contributed by atoms with Crippen LogP contribution in [0.15, 0.2) is 24.4 Å². The number of likely N-dealkylation sites (N-methyl/N-ethyl adjacent to an activating group) is 1. The molecule has 0 saturated carbocycles. The Morgan fingerprint density at radius 3 is 2.95 bits per heavy atom. The van der Waals surface area contributed by atoms with Crippen molar-refractivity contribution in [3.05, 3.63) is 34.8 Å². The lowest BCUT2D eigenvalue weighted by molar-refractivity contribution is 0.104. The van der Waals surface area contributed by atoms with Crippen molar-refractivity contribution < 1.29 is 4.74 Å². The number of nitrogens with zero attached hydrogens (tertiary/aromatic N) is 3. The van der Waals surface area contributed by atoms with Gasteiger partial charge in [-0.1, -0.05) is 0 Å². The Hall–Kier alpha value is -1.90. The maximum absolute atomic E-state index is 9.26. The molecule has 0 bridgehead atoms. The molecule has 1 fully saturated rings. The molecule has 0 spiro atoms. The van der Waals surface area contributed by atoms with Gasteiger partial charge in [0.1, 0.15) is 16.9 Å². The van der Waals surface area contributed by atoms with Crippen molar-refractivity contribution in [3.63, 3.8) is 0 Å². The molecule has 0 aliphatic carbocycles. The average molecular weight is 313 g/mol. The fourth-order valence-corrected chi connectivity index (χ4v) is 3.50. The summed E-state index contributed by atoms with van der Waals surface area (Å²) >= 11 is 1.63. The van der Waals surface area contributed by atoms with Gasteiger partial charge in [0.25, 0.3) is 0 Å². The van der Waals surface area contributed by atoms with E-state index in [9.17, 15) is 5.26 Å². The molecule has 1 saturated heterocycles. The first-order valence-electron chi connectivity index (χ1n) is 7.47. The van der Waals surface area contributed by atoms with Gasteiger partial charge < -0.3 is 9.64 Å². The third-order valence-electron chi connectivity index (χ3n) is 3.79. The lowest BCUT2D eigenvalue weighted by atomic mass is 10.1. The summed E-state index contributed by atoms with van der Waals surface area (Å²) in [5.41, 5.74) is 1.57. The molecule has 4 nitrogen and oxygen atoms in total. The molecule has 3 rings (SSSR count). The van der Waals surface area contributed by atoms with Crippen LogP contribution in [0.1, 0.15) is 23.3 Å². The van der Waals surface area contributed by atoms with Crippen molar-refractivity contribution in [1.29, 1.82) is 5.26 Å². The van der Waals surface area contributed by atoms with Crippen molar-refractivity contribution in [3.8, 4) is 22.4 Å². The Morgan fingerprint density at radius 2 is 2.27 bits per heavy atom.